The van der Waals surface area contributed by atoms with Crippen molar-refractivity contribution in [2.24, 2.45) is 10.9 Å². The van der Waals surface area contributed by atoms with Gasteiger partial charge in [-0.15, -0.1) is 0 Å². The maximum Gasteiger partial charge on any atom is 0.314 e. The lowest BCUT2D eigenvalue weighted by Gasteiger charge is -2.02. The topological polar surface area (TPSA) is 67.3 Å². The van der Waals surface area contributed by atoms with Crippen LogP contribution in [0.4, 0.5) is 5.82 Å². The lowest BCUT2D eigenvalue weighted by atomic mass is 10.0. The predicted octanol–water partition coefficient (Wildman–Crippen LogP) is 2.79. The van der Waals surface area contributed by atoms with Gasteiger partial charge in [-0.1, -0.05) is 0 Å². The number of carbonyl (C=O) groups excluding carboxylic acids is 1. The molecule has 5 nitrogen and oxygen atoms in total. The van der Waals surface area contributed by atoms with Gasteiger partial charge in [0, 0.05) is 29.1 Å². The number of hydrogen-bond acceptors (Lipinski definition) is 5. The molecule has 1 aliphatic heterocycles. The number of hydrogen-bond donors (Lipinski definition) is 1. The number of nitrogens with zero attached hydrogens (tertiary/aromatic N) is 2. The SMILES string of the molecule is C/C(=N\c1cc(-c2ccsc2)[nH]n1)C1CCOC1=O. The minimum Gasteiger partial charge on any atom is -0.465 e. The van der Waals surface area contributed by atoms with E-state index in [-0.39, 0.29) is 11.9 Å². The Bertz CT molecular complexity index is 616. The van der Waals surface area contributed by atoms with Gasteiger partial charge in [0.25, 0.3) is 0 Å². The average Bonchev–Trinajstić information content (AvgIpc) is 3.07. The summed E-state index contributed by atoms with van der Waals surface area (Å²) in [6, 6.07) is 3.90. The number of nitrogens with one attached hydrogen (secondary N) is 1. The average molecular weight is 275 g/mol. The Morgan fingerprint density at radius 3 is 3.21 bits per heavy atom. The Hall–Kier alpha value is -1.95. The quantitative estimate of drug-likeness (QED) is 0.692. The number of ether oxygens (including phenoxy) is 1. The van der Waals surface area contributed by atoms with Gasteiger partial charge >= 0.3 is 5.97 Å². The van der Waals surface area contributed by atoms with E-state index in [0.29, 0.717) is 18.8 Å². The Labute approximate surface area is 114 Å². The van der Waals surface area contributed by atoms with Crippen LogP contribution in [0.15, 0.2) is 27.9 Å². The fraction of sp³-hybridized carbons (Fsp3) is 0.308. The minimum atomic E-state index is -0.221. The van der Waals surface area contributed by atoms with Gasteiger partial charge in [-0.05, 0) is 18.4 Å². The van der Waals surface area contributed by atoms with Crippen molar-refractivity contribution in [1.82, 2.24) is 10.2 Å². The third kappa shape index (κ3) is 2.44. The zero-order valence-electron chi connectivity index (χ0n) is 10.4. The number of rotatable bonds is 3. The molecule has 3 rings (SSSR count). The number of carbonyl (C=O) groups is 1. The molecule has 0 aliphatic carbocycles. The molecule has 0 aromatic carbocycles. The van der Waals surface area contributed by atoms with Crippen LogP contribution in [0.5, 0.6) is 0 Å². The maximum atomic E-state index is 11.5. The Balaban J connectivity index is 1.81. The molecule has 0 amide bonds. The number of cyclic esters (lactones) is 1. The first-order valence-corrected chi connectivity index (χ1v) is 6.98. The van der Waals surface area contributed by atoms with Crippen molar-refractivity contribution in [2.75, 3.05) is 6.61 Å². The van der Waals surface area contributed by atoms with E-state index in [1.165, 1.54) is 0 Å². The van der Waals surface area contributed by atoms with Crippen LogP contribution in [0.3, 0.4) is 0 Å². The first-order valence-electron chi connectivity index (χ1n) is 6.04. The van der Waals surface area contributed by atoms with Gasteiger partial charge in [-0.25, -0.2) is 4.99 Å². The van der Waals surface area contributed by atoms with Crippen LogP contribution >= 0.6 is 11.3 Å². The van der Waals surface area contributed by atoms with Crippen molar-refractivity contribution in [3.05, 3.63) is 22.9 Å². The van der Waals surface area contributed by atoms with E-state index in [4.69, 9.17) is 4.74 Å². The molecule has 98 valence electrons. The molecule has 2 aromatic heterocycles. The maximum absolute atomic E-state index is 11.5. The van der Waals surface area contributed by atoms with Crippen LogP contribution in [-0.4, -0.2) is 28.5 Å². The van der Waals surface area contributed by atoms with Crippen LogP contribution in [-0.2, 0) is 9.53 Å². The predicted molar refractivity (Wildman–Crippen MR) is 73.7 cm³/mol. The summed E-state index contributed by atoms with van der Waals surface area (Å²) >= 11 is 1.63. The summed E-state index contributed by atoms with van der Waals surface area (Å²) in [5.41, 5.74) is 2.78. The molecule has 0 radical (unpaired) electrons. The number of aromatic amines is 1. The van der Waals surface area contributed by atoms with E-state index in [0.717, 1.165) is 17.0 Å². The molecular weight excluding hydrogens is 262 g/mol. The first-order chi connectivity index (χ1) is 9.24. The highest BCUT2D eigenvalue weighted by Gasteiger charge is 2.29. The largest absolute Gasteiger partial charge is 0.465 e. The summed E-state index contributed by atoms with van der Waals surface area (Å²) in [6.07, 6.45) is 0.704. The Morgan fingerprint density at radius 1 is 1.63 bits per heavy atom. The second-order valence-electron chi connectivity index (χ2n) is 4.41. The smallest absolute Gasteiger partial charge is 0.314 e. The zero-order chi connectivity index (χ0) is 13.2. The summed E-state index contributed by atoms with van der Waals surface area (Å²) in [5.74, 6) is 0.189. The second-order valence-corrected chi connectivity index (χ2v) is 5.19. The summed E-state index contributed by atoms with van der Waals surface area (Å²) in [5, 5.41) is 11.2. The Morgan fingerprint density at radius 2 is 2.53 bits per heavy atom. The molecule has 1 N–H and O–H groups in total. The van der Waals surface area contributed by atoms with Gasteiger partial charge in [0.15, 0.2) is 5.82 Å². The highest BCUT2D eigenvalue weighted by atomic mass is 32.1. The van der Waals surface area contributed by atoms with Crippen LogP contribution in [0.2, 0.25) is 0 Å². The van der Waals surface area contributed by atoms with Gasteiger partial charge in [-0.3, -0.25) is 9.89 Å². The highest BCUT2D eigenvalue weighted by molar-refractivity contribution is 7.08. The zero-order valence-corrected chi connectivity index (χ0v) is 11.2. The molecule has 1 aliphatic rings. The fourth-order valence-corrected chi connectivity index (χ4v) is 2.72. The van der Waals surface area contributed by atoms with Crippen molar-refractivity contribution >= 4 is 28.8 Å². The van der Waals surface area contributed by atoms with Crippen molar-refractivity contribution in [2.45, 2.75) is 13.3 Å². The molecule has 2 aromatic rings. The van der Waals surface area contributed by atoms with E-state index in [2.05, 4.69) is 15.2 Å². The first kappa shape index (κ1) is 12.1. The van der Waals surface area contributed by atoms with Crippen LogP contribution < -0.4 is 0 Å². The third-order valence-corrected chi connectivity index (χ3v) is 3.81. The van der Waals surface area contributed by atoms with Gasteiger partial charge in [0.05, 0.1) is 18.2 Å². The van der Waals surface area contributed by atoms with Crippen molar-refractivity contribution in [3.8, 4) is 11.3 Å². The van der Waals surface area contributed by atoms with E-state index in [1.54, 1.807) is 11.3 Å². The highest BCUT2D eigenvalue weighted by Crippen LogP contribution is 2.24. The van der Waals surface area contributed by atoms with E-state index < -0.39 is 0 Å². The number of aromatic nitrogens is 2. The van der Waals surface area contributed by atoms with Crippen LogP contribution in [0.1, 0.15) is 13.3 Å². The van der Waals surface area contributed by atoms with E-state index in [1.807, 2.05) is 29.8 Å². The lowest BCUT2D eigenvalue weighted by molar-refractivity contribution is -0.139. The monoisotopic (exact) mass is 275 g/mol. The van der Waals surface area contributed by atoms with Gasteiger partial charge in [0.1, 0.15) is 0 Å². The molecule has 1 saturated heterocycles. The minimum absolute atomic E-state index is 0.185. The molecule has 0 bridgehead atoms. The van der Waals surface area contributed by atoms with Crippen molar-refractivity contribution < 1.29 is 9.53 Å². The molecule has 6 heteroatoms. The standard InChI is InChI=1S/C13H13N3O2S/c1-8(10-2-4-18-13(10)17)14-12-6-11(15-16-12)9-3-5-19-7-9/h3,5-7,10H,2,4H2,1H3,(H,15,16)/b14-8+. The summed E-state index contributed by atoms with van der Waals surface area (Å²) in [4.78, 5) is 15.9. The molecule has 0 saturated carbocycles. The molecule has 1 fully saturated rings. The Kier molecular flexibility index (Phi) is 3.16. The second kappa shape index (κ2) is 4.97. The third-order valence-electron chi connectivity index (χ3n) is 3.13. The summed E-state index contributed by atoms with van der Waals surface area (Å²) in [6.45, 7) is 2.33. The summed E-state index contributed by atoms with van der Waals surface area (Å²) in [7, 11) is 0. The van der Waals surface area contributed by atoms with Crippen molar-refractivity contribution in [1.29, 1.82) is 0 Å². The number of esters is 1. The van der Waals surface area contributed by atoms with Gasteiger partial charge in [-0.2, -0.15) is 16.4 Å². The van der Waals surface area contributed by atoms with Crippen LogP contribution in [0, 0.1) is 5.92 Å². The fourth-order valence-electron chi connectivity index (χ4n) is 2.07. The normalized spacial score (nSPS) is 19.7. The number of aliphatic imine (C=N–C) groups is 1. The summed E-state index contributed by atoms with van der Waals surface area (Å²) < 4.78 is 4.94. The van der Waals surface area contributed by atoms with Crippen molar-refractivity contribution in [3.63, 3.8) is 0 Å². The molecule has 0 spiro atoms. The van der Waals surface area contributed by atoms with E-state index in [9.17, 15) is 4.79 Å². The molecule has 1 atom stereocenters. The lowest BCUT2D eigenvalue weighted by Crippen LogP contribution is -2.16. The number of thiophene rings is 1. The molecular formula is C13H13N3O2S. The number of H-pyrrole nitrogens is 1. The van der Waals surface area contributed by atoms with Gasteiger partial charge in [0.2, 0.25) is 0 Å². The molecule has 1 unspecified atom stereocenters. The van der Waals surface area contributed by atoms with Crippen LogP contribution in [0.25, 0.3) is 11.3 Å². The van der Waals surface area contributed by atoms with E-state index >= 15 is 0 Å². The molecule has 3 heterocycles. The molecule has 19 heavy (non-hydrogen) atoms. The van der Waals surface area contributed by atoms with Gasteiger partial charge < -0.3 is 4.74 Å².